The lowest BCUT2D eigenvalue weighted by Gasteiger charge is -2.38. The molecule has 2 fully saturated rings. The summed E-state index contributed by atoms with van der Waals surface area (Å²) in [5.41, 5.74) is 1.80. The lowest BCUT2D eigenvalue weighted by Crippen LogP contribution is -2.55. The number of nitrogens with zero attached hydrogens (tertiary/aromatic N) is 5. The van der Waals surface area contributed by atoms with Crippen molar-refractivity contribution in [1.29, 1.82) is 0 Å². The Morgan fingerprint density at radius 2 is 1.38 bits per heavy atom. The molecule has 0 saturated carbocycles. The zero-order valence-corrected chi connectivity index (χ0v) is 32.5. The molecule has 2 amide bonds. The second kappa shape index (κ2) is 15.9. The molecule has 0 spiro atoms. The molecule has 3 aromatic carbocycles. The maximum absolute atomic E-state index is 15.0. The molecule has 0 aromatic heterocycles. The maximum atomic E-state index is 15.0. The monoisotopic (exact) mass is 791 g/mol. The van der Waals surface area contributed by atoms with Crippen LogP contribution in [0.5, 0.6) is 11.5 Å². The Hall–Kier alpha value is -3.40. The van der Waals surface area contributed by atoms with E-state index in [9.17, 15) is 21.6 Å². The first kappa shape index (κ1) is 38.3. The molecule has 52 heavy (non-hydrogen) atoms. The number of piperidine rings is 1. The van der Waals surface area contributed by atoms with Crippen LogP contribution in [0.15, 0.2) is 70.6 Å². The number of hydrogen-bond acceptors (Lipinski definition) is 8. The van der Waals surface area contributed by atoms with Crippen molar-refractivity contribution in [1.82, 2.24) is 18.4 Å². The summed E-state index contributed by atoms with van der Waals surface area (Å²) in [5, 5.41) is 1.04. The van der Waals surface area contributed by atoms with Crippen molar-refractivity contribution in [3.8, 4) is 11.5 Å². The summed E-state index contributed by atoms with van der Waals surface area (Å²) in [7, 11) is -6.06. The smallest absolute Gasteiger partial charge is 0.326 e. The Kier molecular flexibility index (Phi) is 11.7. The van der Waals surface area contributed by atoms with Gasteiger partial charge in [0.1, 0.15) is 28.3 Å². The molecule has 3 aromatic rings. The molecule has 3 heterocycles. The van der Waals surface area contributed by atoms with Gasteiger partial charge in [-0.3, -0.25) is 9.89 Å². The SMILES string of the molecule is CCOc1cc(OC)c(S(=O)(=O)N2CCCCC2)cc1C1=N[C@@H](c2ccc(Cl)cc2)[C@@H](c2ccc(Cl)cc2)N1C(=O)N1CCN(S(=O)(=O)CC)CC1. The molecular formula is C36H43Cl2N5O7S2. The molecule has 2 saturated heterocycles. The van der Waals surface area contributed by atoms with Crippen LogP contribution in [-0.4, -0.2) is 106 Å². The zero-order valence-electron chi connectivity index (χ0n) is 29.4. The summed E-state index contributed by atoms with van der Waals surface area (Å²) < 4.78 is 68.5. The van der Waals surface area contributed by atoms with Crippen molar-refractivity contribution in [3.05, 3.63) is 87.4 Å². The summed E-state index contributed by atoms with van der Waals surface area (Å²) in [6.07, 6.45) is 2.44. The fourth-order valence-electron chi connectivity index (χ4n) is 6.94. The average Bonchev–Trinajstić information content (AvgIpc) is 3.55. The molecular weight excluding hydrogens is 749 g/mol. The molecule has 0 bridgehead atoms. The number of ether oxygens (including phenoxy) is 2. The van der Waals surface area contributed by atoms with Gasteiger partial charge in [-0.25, -0.2) is 21.6 Å². The van der Waals surface area contributed by atoms with Gasteiger partial charge in [0.15, 0.2) is 0 Å². The molecule has 3 aliphatic heterocycles. The van der Waals surface area contributed by atoms with E-state index in [0.717, 1.165) is 30.4 Å². The van der Waals surface area contributed by atoms with Gasteiger partial charge in [0.05, 0.1) is 31.1 Å². The van der Waals surface area contributed by atoms with Crippen molar-refractivity contribution < 1.29 is 31.1 Å². The largest absolute Gasteiger partial charge is 0.495 e. The second-order valence-electron chi connectivity index (χ2n) is 12.8. The van der Waals surface area contributed by atoms with E-state index in [1.807, 2.05) is 31.2 Å². The number of hydrogen-bond donors (Lipinski definition) is 0. The molecule has 3 aliphatic rings. The van der Waals surface area contributed by atoms with Gasteiger partial charge in [0.2, 0.25) is 20.0 Å². The lowest BCUT2D eigenvalue weighted by atomic mass is 9.93. The number of piperazine rings is 1. The van der Waals surface area contributed by atoms with Crippen LogP contribution in [0.4, 0.5) is 4.79 Å². The van der Waals surface area contributed by atoms with Gasteiger partial charge in [0.25, 0.3) is 0 Å². The van der Waals surface area contributed by atoms with Crippen LogP contribution in [-0.2, 0) is 20.0 Å². The van der Waals surface area contributed by atoms with Crippen molar-refractivity contribution in [2.45, 2.75) is 50.1 Å². The Morgan fingerprint density at radius 1 is 0.788 bits per heavy atom. The van der Waals surface area contributed by atoms with Crippen molar-refractivity contribution in [2.24, 2.45) is 4.99 Å². The number of methoxy groups -OCH3 is 1. The Bertz CT molecular complexity index is 2020. The fourth-order valence-corrected chi connectivity index (χ4v) is 9.96. The summed E-state index contributed by atoms with van der Waals surface area (Å²) in [6, 6.07) is 15.6. The number of sulfonamides is 2. The van der Waals surface area contributed by atoms with Gasteiger partial charge in [-0.05, 0) is 68.1 Å². The number of carbonyl (C=O) groups is 1. The first-order valence-corrected chi connectivity index (χ1v) is 21.2. The standard InChI is InChI=1S/C36H43Cl2N5O7S2/c1-4-50-30-24-31(49-3)32(52(47,48)42-17-7-6-8-18-42)23-29(30)35-39-33(25-9-13-27(37)14-10-25)34(26-11-15-28(38)16-12-26)43(35)36(44)40-19-21-41(22-20-40)51(45,46)5-2/h9-16,23-24,33-34H,4-8,17-22H2,1-3H3/t33-,34+/m0/s1. The molecule has 0 N–H and O–H groups in total. The quantitative estimate of drug-likeness (QED) is 0.239. The van der Waals surface area contributed by atoms with Gasteiger partial charge in [-0.1, -0.05) is 53.9 Å². The second-order valence-corrected chi connectivity index (χ2v) is 17.8. The van der Waals surface area contributed by atoms with Crippen molar-refractivity contribution >= 4 is 55.1 Å². The molecule has 0 unspecified atom stereocenters. The molecule has 12 nitrogen and oxygen atoms in total. The van der Waals surface area contributed by atoms with Crippen LogP contribution in [0.1, 0.15) is 61.9 Å². The van der Waals surface area contributed by atoms with Gasteiger partial charge in [-0.2, -0.15) is 8.61 Å². The molecule has 16 heteroatoms. The van der Waals surface area contributed by atoms with E-state index < -0.39 is 38.2 Å². The van der Waals surface area contributed by atoms with Crippen LogP contribution in [0.2, 0.25) is 10.0 Å². The first-order valence-electron chi connectivity index (χ1n) is 17.4. The third kappa shape index (κ3) is 7.64. The lowest BCUT2D eigenvalue weighted by molar-refractivity contribution is 0.143. The number of amidine groups is 1. The minimum absolute atomic E-state index is 0.0361. The van der Waals surface area contributed by atoms with E-state index in [2.05, 4.69) is 0 Å². The number of rotatable bonds is 10. The first-order chi connectivity index (χ1) is 24.9. The number of aliphatic imine (C=N–C) groups is 1. The number of carbonyl (C=O) groups excluding carboxylic acids is 1. The van der Waals surface area contributed by atoms with Gasteiger partial charge in [0, 0.05) is 55.4 Å². The predicted molar refractivity (Wildman–Crippen MR) is 202 cm³/mol. The van der Waals surface area contributed by atoms with Crippen LogP contribution in [0.3, 0.4) is 0 Å². The average molecular weight is 793 g/mol. The molecule has 280 valence electrons. The van der Waals surface area contributed by atoms with E-state index in [4.69, 9.17) is 37.7 Å². The summed E-state index contributed by atoms with van der Waals surface area (Å²) in [6.45, 7) is 4.99. The van der Waals surface area contributed by atoms with Crippen LogP contribution in [0, 0.1) is 0 Å². The summed E-state index contributed by atoms with van der Waals surface area (Å²) >= 11 is 12.6. The minimum atomic E-state index is -4.02. The van der Waals surface area contributed by atoms with Crippen LogP contribution in [0.25, 0.3) is 0 Å². The third-order valence-electron chi connectivity index (χ3n) is 9.70. The number of amides is 2. The fraction of sp³-hybridized carbons (Fsp3) is 0.444. The topological polar surface area (TPSA) is 129 Å². The normalized spacial score (nSPS) is 20.5. The molecule has 6 rings (SSSR count). The maximum Gasteiger partial charge on any atom is 0.326 e. The summed E-state index contributed by atoms with van der Waals surface area (Å²) in [5.74, 6) is 0.575. The molecule has 2 atom stereocenters. The summed E-state index contributed by atoms with van der Waals surface area (Å²) in [4.78, 5) is 23.3. The van der Waals surface area contributed by atoms with Gasteiger partial charge in [-0.15, -0.1) is 0 Å². The number of urea groups is 1. The highest BCUT2D eigenvalue weighted by atomic mass is 35.5. The zero-order chi connectivity index (χ0) is 37.2. The highest BCUT2D eigenvalue weighted by molar-refractivity contribution is 7.89. The predicted octanol–water partition coefficient (Wildman–Crippen LogP) is 6.21. The van der Waals surface area contributed by atoms with Crippen molar-refractivity contribution in [3.63, 3.8) is 0 Å². The van der Waals surface area contributed by atoms with E-state index in [-0.39, 0.29) is 55.0 Å². The Morgan fingerprint density at radius 3 is 1.94 bits per heavy atom. The van der Waals surface area contributed by atoms with E-state index in [0.29, 0.717) is 34.4 Å². The van der Waals surface area contributed by atoms with E-state index in [1.165, 1.54) is 21.8 Å². The Labute approximate surface area is 316 Å². The Balaban J connectivity index is 1.54. The van der Waals surface area contributed by atoms with Gasteiger partial charge < -0.3 is 14.4 Å². The molecule has 0 aliphatic carbocycles. The highest BCUT2D eigenvalue weighted by Crippen LogP contribution is 2.47. The van der Waals surface area contributed by atoms with E-state index >= 15 is 0 Å². The highest BCUT2D eigenvalue weighted by Gasteiger charge is 2.46. The minimum Gasteiger partial charge on any atom is -0.495 e. The number of halogens is 2. The third-order valence-corrected chi connectivity index (χ3v) is 14.0. The number of benzene rings is 3. The van der Waals surface area contributed by atoms with Crippen LogP contribution < -0.4 is 9.47 Å². The van der Waals surface area contributed by atoms with Crippen molar-refractivity contribution in [2.75, 3.05) is 58.7 Å². The molecule has 0 radical (unpaired) electrons. The van der Waals surface area contributed by atoms with Gasteiger partial charge >= 0.3 is 6.03 Å². The van der Waals surface area contributed by atoms with Crippen LogP contribution >= 0.6 is 23.2 Å². The van der Waals surface area contributed by atoms with E-state index in [1.54, 1.807) is 47.1 Å².